The van der Waals surface area contributed by atoms with Crippen LogP contribution in [0, 0.1) is 0 Å². The van der Waals surface area contributed by atoms with Crippen LogP contribution in [0.1, 0.15) is 12.8 Å². The molecule has 0 aliphatic rings. The normalized spacial score (nSPS) is 10.9. The molecule has 4 aromatic rings. The van der Waals surface area contributed by atoms with E-state index in [1.807, 2.05) is 42.5 Å². The molecule has 2 N–H and O–H groups in total. The first-order valence-electron chi connectivity index (χ1n) is 9.20. The Kier molecular flexibility index (Phi) is 5.71. The molecule has 0 aliphatic carbocycles. The van der Waals surface area contributed by atoms with Crippen LogP contribution < -0.4 is 10.9 Å². The molecule has 0 saturated carbocycles. The topological polar surface area (TPSA) is 92.7 Å². The average Bonchev–Trinajstić information content (AvgIpc) is 3.18. The van der Waals surface area contributed by atoms with Crippen molar-refractivity contribution in [3.63, 3.8) is 0 Å². The second kappa shape index (κ2) is 8.74. The number of rotatable bonds is 7. The first-order valence-corrected chi connectivity index (χ1v) is 10.2. The van der Waals surface area contributed by atoms with E-state index in [1.54, 1.807) is 16.4 Å². The molecule has 2 heterocycles. The predicted molar refractivity (Wildman–Crippen MR) is 115 cm³/mol. The number of thioether (sulfide) groups is 1. The Labute approximate surface area is 171 Å². The van der Waals surface area contributed by atoms with Gasteiger partial charge >= 0.3 is 0 Å². The Morgan fingerprint density at radius 1 is 1.10 bits per heavy atom. The Balaban J connectivity index is 1.32. The number of fused-ring (bicyclic) bond motifs is 1. The fourth-order valence-electron chi connectivity index (χ4n) is 2.89. The molecular formula is C21H19N5O2S. The summed E-state index contributed by atoms with van der Waals surface area (Å²) >= 11 is 1.75. The quantitative estimate of drug-likeness (QED) is 0.362. The van der Waals surface area contributed by atoms with E-state index >= 15 is 0 Å². The minimum atomic E-state index is -0.226. The number of nitrogens with one attached hydrogen (secondary N) is 2. The second-order valence-electron chi connectivity index (χ2n) is 6.39. The fourth-order valence-corrected chi connectivity index (χ4v) is 3.77. The molecule has 0 aliphatic heterocycles. The molecule has 0 fully saturated rings. The number of carbonyl (C=O) groups is 1. The van der Waals surface area contributed by atoms with Gasteiger partial charge in [0.2, 0.25) is 5.91 Å². The van der Waals surface area contributed by atoms with Crippen molar-refractivity contribution in [2.24, 2.45) is 0 Å². The number of aromatic amines is 1. The number of nitrogens with zero attached hydrogens (tertiary/aromatic N) is 3. The minimum absolute atomic E-state index is 0.0100. The summed E-state index contributed by atoms with van der Waals surface area (Å²) in [7, 11) is 0. The molecule has 8 heteroatoms. The number of anilines is 1. The highest BCUT2D eigenvalue weighted by Gasteiger charge is 2.09. The summed E-state index contributed by atoms with van der Waals surface area (Å²) in [6.45, 7) is 0. The molecule has 1 amide bonds. The molecule has 0 spiro atoms. The van der Waals surface area contributed by atoms with Gasteiger partial charge in [-0.1, -0.05) is 18.2 Å². The number of aromatic nitrogens is 4. The van der Waals surface area contributed by atoms with Crippen LogP contribution in [-0.4, -0.2) is 31.4 Å². The van der Waals surface area contributed by atoms with Gasteiger partial charge in [0.15, 0.2) is 5.65 Å². The average molecular weight is 405 g/mol. The summed E-state index contributed by atoms with van der Waals surface area (Å²) in [5.74, 6) is 0.888. The van der Waals surface area contributed by atoms with Crippen LogP contribution in [0.5, 0.6) is 0 Å². The van der Waals surface area contributed by atoms with E-state index in [9.17, 15) is 9.59 Å². The summed E-state index contributed by atoms with van der Waals surface area (Å²) in [5.41, 5.74) is 1.74. The molecule has 4 rings (SSSR count). The van der Waals surface area contributed by atoms with E-state index < -0.39 is 0 Å². The van der Waals surface area contributed by atoms with Crippen molar-refractivity contribution in [1.82, 2.24) is 19.7 Å². The van der Waals surface area contributed by atoms with Crippen molar-refractivity contribution < 1.29 is 4.79 Å². The summed E-state index contributed by atoms with van der Waals surface area (Å²) in [5, 5.41) is 7.58. The van der Waals surface area contributed by atoms with Gasteiger partial charge in [-0.15, -0.1) is 11.8 Å². The smallest absolute Gasteiger partial charge is 0.261 e. The van der Waals surface area contributed by atoms with Crippen molar-refractivity contribution in [3.05, 3.63) is 77.5 Å². The van der Waals surface area contributed by atoms with Crippen molar-refractivity contribution in [1.29, 1.82) is 0 Å². The third kappa shape index (κ3) is 4.55. The number of carbonyl (C=O) groups excluding carboxylic acids is 1. The summed E-state index contributed by atoms with van der Waals surface area (Å²) < 4.78 is 1.59. The highest BCUT2D eigenvalue weighted by atomic mass is 32.2. The Morgan fingerprint density at radius 2 is 1.90 bits per heavy atom. The molecule has 0 atom stereocenters. The molecule has 29 heavy (non-hydrogen) atoms. The lowest BCUT2D eigenvalue weighted by molar-refractivity contribution is -0.116. The van der Waals surface area contributed by atoms with Crippen LogP contribution in [0.3, 0.4) is 0 Å². The number of hydrogen-bond acceptors (Lipinski definition) is 5. The minimum Gasteiger partial charge on any atom is -0.326 e. The molecule has 0 radical (unpaired) electrons. The maximum atomic E-state index is 12.2. The lowest BCUT2D eigenvalue weighted by Crippen LogP contribution is -2.11. The lowest BCUT2D eigenvalue weighted by Gasteiger charge is -2.07. The molecule has 2 aromatic heterocycles. The number of benzene rings is 2. The van der Waals surface area contributed by atoms with Crippen LogP contribution in [0.15, 0.2) is 76.8 Å². The second-order valence-corrected chi connectivity index (χ2v) is 7.55. The maximum Gasteiger partial charge on any atom is 0.261 e. The number of amides is 1. The molecular weight excluding hydrogens is 386 g/mol. The highest BCUT2D eigenvalue weighted by Crippen LogP contribution is 2.19. The third-order valence-electron chi connectivity index (χ3n) is 4.33. The Morgan fingerprint density at radius 3 is 2.69 bits per heavy atom. The third-order valence-corrected chi connectivity index (χ3v) is 5.42. The van der Waals surface area contributed by atoms with Crippen LogP contribution in [0.4, 0.5) is 5.69 Å². The largest absolute Gasteiger partial charge is 0.326 e. The summed E-state index contributed by atoms with van der Waals surface area (Å²) in [6, 6.07) is 17.4. The molecule has 0 saturated heterocycles. The van der Waals surface area contributed by atoms with Crippen LogP contribution in [0.2, 0.25) is 0 Å². The van der Waals surface area contributed by atoms with E-state index in [0.717, 1.165) is 23.5 Å². The van der Waals surface area contributed by atoms with Crippen LogP contribution in [0.25, 0.3) is 16.7 Å². The zero-order chi connectivity index (χ0) is 20.1. The molecule has 146 valence electrons. The molecule has 2 aromatic carbocycles. The number of hydrogen-bond donors (Lipinski definition) is 2. The maximum absolute atomic E-state index is 12.2. The van der Waals surface area contributed by atoms with Crippen LogP contribution >= 0.6 is 11.8 Å². The van der Waals surface area contributed by atoms with Gasteiger partial charge in [-0.3, -0.25) is 9.59 Å². The zero-order valence-corrected chi connectivity index (χ0v) is 16.4. The first-order chi connectivity index (χ1) is 14.2. The highest BCUT2D eigenvalue weighted by molar-refractivity contribution is 7.99. The standard InChI is InChI=1S/C21H19N5O2S/c27-19(7-4-12-29-17-5-2-1-3-6-17)25-15-8-10-16(11-9-15)26-20-18(13-24-26)21(28)23-14-22-20/h1-3,5-6,8-11,13-14H,4,7,12H2,(H,25,27)(H,22,23,28). The SMILES string of the molecule is O=C(CCCSc1ccccc1)Nc1ccc(-n2ncc3c(=O)[nH]cnc32)cc1. The van der Waals surface area contributed by atoms with E-state index in [4.69, 9.17) is 0 Å². The van der Waals surface area contributed by atoms with E-state index in [0.29, 0.717) is 17.5 Å². The monoisotopic (exact) mass is 405 g/mol. The fraction of sp³-hybridized carbons (Fsp3) is 0.143. The molecule has 7 nitrogen and oxygen atoms in total. The summed E-state index contributed by atoms with van der Waals surface area (Å²) in [6.07, 6.45) is 4.12. The zero-order valence-electron chi connectivity index (χ0n) is 15.5. The van der Waals surface area contributed by atoms with Gasteiger partial charge in [0.05, 0.1) is 18.2 Å². The van der Waals surface area contributed by atoms with Gasteiger partial charge in [0, 0.05) is 17.0 Å². The van der Waals surface area contributed by atoms with Gasteiger partial charge in [-0.05, 0) is 48.6 Å². The van der Waals surface area contributed by atoms with Crippen molar-refractivity contribution in [2.75, 3.05) is 11.1 Å². The van der Waals surface area contributed by atoms with Gasteiger partial charge in [0.25, 0.3) is 5.56 Å². The van der Waals surface area contributed by atoms with E-state index in [1.165, 1.54) is 17.4 Å². The molecule has 0 bridgehead atoms. The van der Waals surface area contributed by atoms with Crippen molar-refractivity contribution >= 4 is 34.4 Å². The van der Waals surface area contributed by atoms with Gasteiger partial charge in [0.1, 0.15) is 5.39 Å². The van der Waals surface area contributed by atoms with Crippen LogP contribution in [-0.2, 0) is 4.79 Å². The van der Waals surface area contributed by atoms with Gasteiger partial charge in [-0.25, -0.2) is 9.67 Å². The van der Waals surface area contributed by atoms with E-state index in [2.05, 4.69) is 32.5 Å². The van der Waals surface area contributed by atoms with E-state index in [-0.39, 0.29) is 11.5 Å². The Hall–Kier alpha value is -3.39. The van der Waals surface area contributed by atoms with Gasteiger partial charge < -0.3 is 10.3 Å². The number of H-pyrrole nitrogens is 1. The van der Waals surface area contributed by atoms with Crippen molar-refractivity contribution in [2.45, 2.75) is 17.7 Å². The summed E-state index contributed by atoms with van der Waals surface area (Å²) in [4.78, 5) is 31.9. The first kappa shape index (κ1) is 18.9. The molecule has 0 unspecified atom stereocenters. The Bertz CT molecular complexity index is 1170. The van der Waals surface area contributed by atoms with Crippen molar-refractivity contribution in [3.8, 4) is 5.69 Å². The van der Waals surface area contributed by atoms with Gasteiger partial charge in [-0.2, -0.15) is 5.10 Å². The lowest BCUT2D eigenvalue weighted by atomic mass is 10.2. The predicted octanol–water partition coefficient (Wildman–Crippen LogP) is 3.62.